The van der Waals surface area contributed by atoms with E-state index < -0.39 is 0 Å². The summed E-state index contributed by atoms with van der Waals surface area (Å²) in [5.74, 6) is 3.76. The number of rotatable bonds is 12. The molecule has 0 bridgehead atoms. The van der Waals surface area contributed by atoms with Crippen molar-refractivity contribution >= 4 is 34.0 Å². The maximum atomic E-state index is 13.2. The van der Waals surface area contributed by atoms with Gasteiger partial charge in [-0.25, -0.2) is 0 Å². The Kier molecular flexibility index (Phi) is 8.89. The Morgan fingerprint density at radius 2 is 1.27 bits per heavy atom. The summed E-state index contributed by atoms with van der Waals surface area (Å²) >= 11 is 0. The van der Waals surface area contributed by atoms with Crippen LogP contribution in [0, 0.1) is 0 Å². The van der Waals surface area contributed by atoms with E-state index in [0.29, 0.717) is 57.5 Å². The van der Waals surface area contributed by atoms with Crippen molar-refractivity contribution in [1.82, 2.24) is 14.8 Å². The lowest BCUT2D eigenvalue weighted by Crippen LogP contribution is -2.14. The number of hydrogen-bond acceptors (Lipinski definition) is 10. The number of anilines is 3. The standard InChI is InChI=1S/C32H33N5O7/c1-39-24-14-20(15-25(40-2)31(24)43-5)33-28-11-12-29(36-35-28)37-18-19(22-9-7-8-10-23(22)37)13-30(38)34-21-16-26(41-3)32(44-6)27(17-21)42-4/h7-12,14-18H,13H2,1-6H3,(H,33,35)(H,34,38). The van der Waals surface area contributed by atoms with E-state index in [1.165, 1.54) is 21.3 Å². The Morgan fingerprint density at radius 3 is 1.80 bits per heavy atom. The Balaban J connectivity index is 1.38. The molecule has 0 spiro atoms. The summed E-state index contributed by atoms with van der Waals surface area (Å²) in [5, 5.41) is 15.9. The Morgan fingerprint density at radius 1 is 0.705 bits per heavy atom. The highest BCUT2D eigenvalue weighted by Crippen LogP contribution is 2.41. The van der Waals surface area contributed by atoms with E-state index in [1.54, 1.807) is 45.6 Å². The summed E-state index contributed by atoms with van der Waals surface area (Å²) in [6, 6.07) is 18.4. The van der Waals surface area contributed by atoms with Crippen LogP contribution < -0.4 is 39.1 Å². The number of para-hydroxylation sites is 1. The van der Waals surface area contributed by atoms with Gasteiger partial charge in [-0.3, -0.25) is 9.36 Å². The Labute approximate surface area is 254 Å². The van der Waals surface area contributed by atoms with Crippen LogP contribution >= 0.6 is 0 Å². The number of nitrogens with zero attached hydrogens (tertiary/aromatic N) is 3. The maximum Gasteiger partial charge on any atom is 0.228 e. The number of hydrogen-bond donors (Lipinski definition) is 2. The third-order valence-electron chi connectivity index (χ3n) is 6.93. The van der Waals surface area contributed by atoms with Gasteiger partial charge in [-0.2, -0.15) is 0 Å². The van der Waals surface area contributed by atoms with Crippen LogP contribution in [0.1, 0.15) is 5.56 Å². The van der Waals surface area contributed by atoms with Crippen molar-refractivity contribution in [2.45, 2.75) is 6.42 Å². The lowest BCUT2D eigenvalue weighted by molar-refractivity contribution is -0.115. The van der Waals surface area contributed by atoms with Gasteiger partial charge in [0.05, 0.1) is 54.6 Å². The van der Waals surface area contributed by atoms with E-state index in [2.05, 4.69) is 20.8 Å². The number of fused-ring (bicyclic) bond motifs is 1. The highest BCUT2D eigenvalue weighted by Gasteiger charge is 2.18. The molecule has 0 radical (unpaired) electrons. The van der Waals surface area contributed by atoms with Crippen LogP contribution in [0.2, 0.25) is 0 Å². The van der Waals surface area contributed by atoms with E-state index in [-0.39, 0.29) is 12.3 Å². The van der Waals surface area contributed by atoms with Gasteiger partial charge in [-0.05, 0) is 23.8 Å². The smallest absolute Gasteiger partial charge is 0.228 e. The Hall–Kier alpha value is -5.65. The zero-order valence-electron chi connectivity index (χ0n) is 25.3. The summed E-state index contributed by atoms with van der Waals surface area (Å²) in [5.41, 5.74) is 2.93. The van der Waals surface area contributed by atoms with Gasteiger partial charge in [0.2, 0.25) is 17.4 Å². The molecule has 2 N–H and O–H groups in total. The van der Waals surface area contributed by atoms with Crippen LogP contribution in [0.4, 0.5) is 17.2 Å². The molecule has 0 aliphatic rings. The molecule has 12 nitrogen and oxygen atoms in total. The fourth-order valence-electron chi connectivity index (χ4n) is 4.93. The molecule has 2 aromatic heterocycles. The van der Waals surface area contributed by atoms with Gasteiger partial charge in [0.25, 0.3) is 0 Å². The molecule has 44 heavy (non-hydrogen) atoms. The first-order valence-corrected chi connectivity index (χ1v) is 13.5. The quantitative estimate of drug-likeness (QED) is 0.193. The van der Waals surface area contributed by atoms with Crippen molar-refractivity contribution < 1.29 is 33.2 Å². The highest BCUT2D eigenvalue weighted by molar-refractivity contribution is 5.96. The molecule has 0 atom stereocenters. The van der Waals surface area contributed by atoms with Gasteiger partial charge in [0.15, 0.2) is 34.6 Å². The molecule has 0 saturated heterocycles. The second-order valence-electron chi connectivity index (χ2n) is 9.50. The minimum absolute atomic E-state index is 0.123. The van der Waals surface area contributed by atoms with E-state index in [0.717, 1.165) is 16.5 Å². The number of benzene rings is 3. The SMILES string of the molecule is COc1cc(NC(=O)Cc2cn(-c3ccc(Nc4cc(OC)c(OC)c(OC)c4)nn3)c3ccccc23)cc(OC)c1OC. The van der Waals surface area contributed by atoms with E-state index in [4.69, 9.17) is 28.4 Å². The fraction of sp³-hybridized carbons (Fsp3) is 0.219. The monoisotopic (exact) mass is 599 g/mol. The molecule has 5 rings (SSSR count). The highest BCUT2D eigenvalue weighted by atomic mass is 16.5. The maximum absolute atomic E-state index is 13.2. The second-order valence-corrected chi connectivity index (χ2v) is 9.50. The van der Waals surface area contributed by atoms with Crippen LogP contribution in [0.15, 0.2) is 66.9 Å². The van der Waals surface area contributed by atoms with Crippen molar-refractivity contribution in [3.63, 3.8) is 0 Å². The predicted octanol–water partition coefficient (Wildman–Crippen LogP) is 5.40. The lowest BCUT2D eigenvalue weighted by atomic mass is 10.1. The average Bonchev–Trinajstić information content (AvgIpc) is 3.41. The number of carbonyl (C=O) groups is 1. The van der Waals surface area contributed by atoms with Gasteiger partial charge in [-0.15, -0.1) is 10.2 Å². The zero-order chi connectivity index (χ0) is 31.2. The second kappa shape index (κ2) is 13.1. The molecule has 0 saturated carbocycles. The lowest BCUT2D eigenvalue weighted by Gasteiger charge is -2.14. The number of amides is 1. The van der Waals surface area contributed by atoms with Crippen molar-refractivity contribution in [2.75, 3.05) is 53.3 Å². The molecule has 5 aromatic rings. The molecule has 0 aliphatic heterocycles. The first-order chi connectivity index (χ1) is 21.4. The van der Waals surface area contributed by atoms with E-state index in [1.807, 2.05) is 47.2 Å². The molecule has 0 fully saturated rings. The molecule has 0 aliphatic carbocycles. The molecule has 0 unspecified atom stereocenters. The number of carbonyl (C=O) groups excluding carboxylic acids is 1. The Bertz CT molecular complexity index is 1740. The number of ether oxygens (including phenoxy) is 6. The number of nitrogens with one attached hydrogen (secondary N) is 2. The van der Waals surface area contributed by atoms with Crippen LogP contribution in [0.5, 0.6) is 34.5 Å². The number of aromatic nitrogens is 3. The first-order valence-electron chi connectivity index (χ1n) is 13.5. The van der Waals surface area contributed by atoms with Crippen molar-refractivity contribution in [2.24, 2.45) is 0 Å². The predicted molar refractivity (Wildman–Crippen MR) is 167 cm³/mol. The summed E-state index contributed by atoms with van der Waals surface area (Å²) < 4.78 is 34.4. The zero-order valence-corrected chi connectivity index (χ0v) is 25.3. The molecule has 228 valence electrons. The van der Waals surface area contributed by atoms with Crippen LogP contribution in [-0.2, 0) is 11.2 Å². The van der Waals surface area contributed by atoms with Gasteiger partial charge in [0.1, 0.15) is 0 Å². The third kappa shape index (κ3) is 5.95. The van der Waals surface area contributed by atoms with Gasteiger partial charge < -0.3 is 39.1 Å². The molecular weight excluding hydrogens is 566 g/mol. The largest absolute Gasteiger partial charge is 0.493 e. The minimum atomic E-state index is -0.210. The average molecular weight is 600 g/mol. The van der Waals surface area contributed by atoms with Gasteiger partial charge >= 0.3 is 0 Å². The summed E-state index contributed by atoms with van der Waals surface area (Å²) in [7, 11) is 9.24. The fourth-order valence-corrected chi connectivity index (χ4v) is 4.93. The third-order valence-corrected chi connectivity index (χ3v) is 6.93. The summed E-state index contributed by atoms with van der Waals surface area (Å²) in [4.78, 5) is 13.2. The van der Waals surface area contributed by atoms with Crippen LogP contribution in [0.3, 0.4) is 0 Å². The molecular formula is C32H33N5O7. The van der Waals surface area contributed by atoms with Crippen LogP contribution in [-0.4, -0.2) is 63.3 Å². The van der Waals surface area contributed by atoms with Crippen LogP contribution in [0.25, 0.3) is 16.7 Å². The summed E-state index contributed by atoms with van der Waals surface area (Å²) in [6.45, 7) is 0. The molecule has 12 heteroatoms. The normalized spacial score (nSPS) is 10.7. The molecule has 1 amide bonds. The van der Waals surface area contributed by atoms with Crippen molar-refractivity contribution in [3.05, 3.63) is 72.4 Å². The molecule has 3 aromatic carbocycles. The van der Waals surface area contributed by atoms with Gasteiger partial charge in [-0.1, -0.05) is 18.2 Å². The topological polar surface area (TPSA) is 127 Å². The van der Waals surface area contributed by atoms with E-state index in [9.17, 15) is 4.79 Å². The summed E-state index contributed by atoms with van der Waals surface area (Å²) in [6.07, 6.45) is 2.02. The van der Waals surface area contributed by atoms with E-state index >= 15 is 0 Å². The van der Waals surface area contributed by atoms with Gasteiger partial charge in [0, 0.05) is 47.2 Å². The molecule has 2 heterocycles. The van der Waals surface area contributed by atoms with Crippen molar-refractivity contribution in [1.29, 1.82) is 0 Å². The minimum Gasteiger partial charge on any atom is -0.493 e. The number of methoxy groups -OCH3 is 6. The first kappa shape index (κ1) is 29.8. The van der Waals surface area contributed by atoms with Crippen molar-refractivity contribution in [3.8, 4) is 40.3 Å².